The topological polar surface area (TPSA) is 144 Å². The number of carbonyl (C=O) groups is 2. The smallest absolute Gasteiger partial charge is 0.0666 e. The standard InChI is InChI=1S/C4H6O2.C2H6O2.CH2O3/c1-3(2)4(5)6;3-1-2-4;2-1(3)4/h1H2,2H3,(H,5,6);3-4H,1-2H2;(H2,2,3,4)/p-3. The van der Waals surface area contributed by atoms with Gasteiger partial charge in [0.15, 0.2) is 0 Å². The summed E-state index contributed by atoms with van der Waals surface area (Å²) in [5, 5.41) is 41.4. The average Bonchev–Trinajstić information content (AvgIpc) is 2.03. The maximum atomic E-state index is 9.49. The van der Waals surface area contributed by atoms with Gasteiger partial charge in [0.2, 0.25) is 0 Å². The quantitative estimate of drug-likeness (QED) is 0.437. The second kappa shape index (κ2) is 14.0. The van der Waals surface area contributed by atoms with Gasteiger partial charge >= 0.3 is 0 Å². The predicted molar refractivity (Wildman–Crippen MR) is 39.4 cm³/mol. The molecule has 0 aromatic rings. The Hall–Kier alpha value is -1.60. The van der Waals surface area contributed by atoms with Gasteiger partial charge in [0.1, 0.15) is 0 Å². The van der Waals surface area contributed by atoms with Gasteiger partial charge in [-0.2, -0.15) is 0 Å². The van der Waals surface area contributed by atoms with Crippen LogP contribution in [0.3, 0.4) is 0 Å². The molecule has 0 saturated heterocycles. The van der Waals surface area contributed by atoms with E-state index in [0.29, 0.717) is 0 Å². The van der Waals surface area contributed by atoms with Crippen LogP contribution in [0.1, 0.15) is 6.92 Å². The Morgan fingerprint density at radius 1 is 1.14 bits per heavy atom. The van der Waals surface area contributed by atoms with Gasteiger partial charge in [-0.05, 0) is 18.7 Å². The molecule has 0 spiro atoms. The van der Waals surface area contributed by atoms with E-state index in [0.717, 1.165) is 0 Å². The van der Waals surface area contributed by atoms with Crippen molar-refractivity contribution >= 4 is 12.1 Å². The molecular formula is C7H11O7-3. The van der Waals surface area contributed by atoms with Crippen LogP contribution >= 0.6 is 0 Å². The van der Waals surface area contributed by atoms with Crippen LogP contribution in [-0.4, -0.2) is 35.6 Å². The molecule has 0 unspecified atom stereocenters. The zero-order valence-corrected chi connectivity index (χ0v) is 7.56. The molecule has 0 aromatic heterocycles. The molecule has 7 nitrogen and oxygen atoms in total. The number of aliphatic hydroxyl groups excluding tert-OH is 2. The Kier molecular flexibility index (Phi) is 18.2. The lowest BCUT2D eigenvalue weighted by Crippen LogP contribution is -2.37. The summed E-state index contributed by atoms with van der Waals surface area (Å²) in [5.74, 6) is -1.19. The maximum Gasteiger partial charge on any atom is 0.0666 e. The van der Waals surface area contributed by atoms with Gasteiger partial charge < -0.3 is 35.1 Å². The monoisotopic (exact) mass is 207 g/mol. The Bertz CT molecular complexity index is 157. The van der Waals surface area contributed by atoms with Crippen molar-refractivity contribution in [2.75, 3.05) is 13.2 Å². The zero-order valence-electron chi connectivity index (χ0n) is 7.56. The minimum atomic E-state index is -2.33. The van der Waals surface area contributed by atoms with Crippen LogP contribution < -0.4 is 15.3 Å². The molecule has 0 aromatic carbocycles. The summed E-state index contributed by atoms with van der Waals surface area (Å²) in [6.45, 7) is 4.23. The minimum absolute atomic E-state index is 0.0648. The van der Waals surface area contributed by atoms with Gasteiger partial charge in [0, 0.05) is 0 Å². The second-order valence-electron chi connectivity index (χ2n) is 1.77. The van der Waals surface area contributed by atoms with Crippen LogP contribution in [0.15, 0.2) is 12.2 Å². The molecule has 0 saturated carbocycles. The van der Waals surface area contributed by atoms with E-state index >= 15 is 0 Å². The molecule has 0 aliphatic rings. The van der Waals surface area contributed by atoms with Crippen LogP contribution in [-0.2, 0) is 4.79 Å². The predicted octanol–water partition coefficient (Wildman–Crippen LogP) is -4.16. The second-order valence-corrected chi connectivity index (χ2v) is 1.77. The highest BCUT2D eigenvalue weighted by molar-refractivity contribution is 5.82. The zero-order chi connectivity index (χ0) is 12.1. The van der Waals surface area contributed by atoms with E-state index in [4.69, 9.17) is 25.2 Å². The van der Waals surface area contributed by atoms with Crippen LogP contribution in [0.2, 0.25) is 0 Å². The summed E-state index contributed by atoms with van der Waals surface area (Å²) in [4.78, 5) is 17.8. The first kappa shape index (κ1) is 18.2. The minimum Gasteiger partial charge on any atom is -0.652 e. The normalized spacial score (nSPS) is 7.07. The van der Waals surface area contributed by atoms with Crippen LogP contribution in [0.4, 0.5) is 4.79 Å². The molecule has 0 fully saturated rings. The molecule has 0 heterocycles. The number of carboxylic acid groups (broad SMARTS) is 3. The van der Waals surface area contributed by atoms with E-state index in [-0.39, 0.29) is 18.8 Å². The van der Waals surface area contributed by atoms with Crippen molar-refractivity contribution in [3.8, 4) is 0 Å². The lowest BCUT2D eigenvalue weighted by atomic mass is 10.4. The number of aliphatic hydroxyl groups is 2. The molecule has 0 amide bonds. The average molecular weight is 207 g/mol. The van der Waals surface area contributed by atoms with E-state index in [1.165, 1.54) is 6.92 Å². The molecule has 0 aliphatic carbocycles. The molecular weight excluding hydrogens is 196 g/mol. The fourth-order valence-electron chi connectivity index (χ4n) is 0. The third-order valence-electron chi connectivity index (χ3n) is 0.448. The first-order valence-electron chi connectivity index (χ1n) is 3.26. The van der Waals surface area contributed by atoms with Crippen molar-refractivity contribution in [2.24, 2.45) is 0 Å². The van der Waals surface area contributed by atoms with Crippen molar-refractivity contribution in [2.45, 2.75) is 6.92 Å². The van der Waals surface area contributed by atoms with E-state index in [1.54, 1.807) is 0 Å². The van der Waals surface area contributed by atoms with Crippen molar-refractivity contribution < 1.29 is 35.1 Å². The summed E-state index contributed by atoms with van der Waals surface area (Å²) in [7, 11) is 0. The van der Waals surface area contributed by atoms with Gasteiger partial charge in [0.05, 0.1) is 19.2 Å². The number of aliphatic carboxylic acids is 1. The summed E-state index contributed by atoms with van der Waals surface area (Å²) in [6.07, 6.45) is -2.33. The molecule has 84 valence electrons. The highest BCUT2D eigenvalue weighted by Crippen LogP contribution is 1.77. The lowest BCUT2D eigenvalue weighted by Gasteiger charge is -1.96. The molecule has 14 heavy (non-hydrogen) atoms. The van der Waals surface area contributed by atoms with E-state index in [1.807, 2.05) is 0 Å². The van der Waals surface area contributed by atoms with Crippen molar-refractivity contribution in [1.29, 1.82) is 0 Å². The first-order valence-corrected chi connectivity index (χ1v) is 3.26. The molecule has 0 bridgehead atoms. The van der Waals surface area contributed by atoms with Crippen LogP contribution in [0, 0.1) is 0 Å². The Morgan fingerprint density at radius 3 is 1.29 bits per heavy atom. The number of carbonyl (C=O) groups excluding carboxylic acids is 2. The third kappa shape index (κ3) is 79.5. The summed E-state index contributed by atoms with van der Waals surface area (Å²) < 4.78 is 0. The van der Waals surface area contributed by atoms with E-state index < -0.39 is 12.1 Å². The van der Waals surface area contributed by atoms with Crippen molar-refractivity contribution in [3.05, 3.63) is 12.2 Å². The highest BCUT2D eigenvalue weighted by Gasteiger charge is 1.76. The summed E-state index contributed by atoms with van der Waals surface area (Å²) >= 11 is 0. The number of hydrogen-bond acceptors (Lipinski definition) is 7. The molecule has 2 N–H and O–H groups in total. The molecule has 0 aliphatic heterocycles. The van der Waals surface area contributed by atoms with Gasteiger partial charge in [-0.3, -0.25) is 0 Å². The fourth-order valence-corrected chi connectivity index (χ4v) is 0. The Morgan fingerprint density at radius 2 is 1.29 bits per heavy atom. The SMILES string of the molecule is C=C(C)C(=O)[O-].O=C([O-])[O-].OCCO. The van der Waals surface area contributed by atoms with Gasteiger partial charge in [-0.15, -0.1) is 0 Å². The number of hydrogen-bond donors (Lipinski definition) is 2. The highest BCUT2D eigenvalue weighted by atomic mass is 16.6. The van der Waals surface area contributed by atoms with Crippen LogP contribution in [0.25, 0.3) is 0 Å². The summed E-state index contributed by atoms with van der Waals surface area (Å²) in [5.41, 5.74) is 0.0648. The van der Waals surface area contributed by atoms with E-state index in [2.05, 4.69) is 6.58 Å². The summed E-state index contributed by atoms with van der Waals surface area (Å²) in [6, 6.07) is 0. The lowest BCUT2D eigenvalue weighted by molar-refractivity contribution is -0.415. The van der Waals surface area contributed by atoms with Gasteiger partial charge in [-0.1, -0.05) is 6.58 Å². The van der Waals surface area contributed by atoms with Crippen molar-refractivity contribution in [3.63, 3.8) is 0 Å². The fraction of sp³-hybridized carbons (Fsp3) is 0.429. The Labute approximate surface area is 80.5 Å². The first-order chi connectivity index (χ1) is 6.29. The third-order valence-corrected chi connectivity index (χ3v) is 0.448. The molecule has 0 radical (unpaired) electrons. The van der Waals surface area contributed by atoms with Crippen molar-refractivity contribution in [1.82, 2.24) is 0 Å². The van der Waals surface area contributed by atoms with Crippen LogP contribution in [0.5, 0.6) is 0 Å². The van der Waals surface area contributed by atoms with Gasteiger partial charge in [-0.25, -0.2) is 0 Å². The van der Waals surface area contributed by atoms with E-state index in [9.17, 15) is 9.90 Å². The maximum absolute atomic E-state index is 9.49. The number of rotatable bonds is 2. The largest absolute Gasteiger partial charge is 0.652 e. The molecule has 0 rings (SSSR count). The molecule has 7 heteroatoms. The van der Waals surface area contributed by atoms with Gasteiger partial charge in [0.25, 0.3) is 0 Å². The Balaban J connectivity index is -0.000000135. The molecule has 0 atom stereocenters. The number of carboxylic acids is 1.